The Kier molecular flexibility index (Phi) is 28.3. The maximum atomic E-state index is 13.3. The molecule has 0 N–H and O–H groups in total. The molecule has 0 radical (unpaired) electrons. The van der Waals surface area contributed by atoms with E-state index in [1.807, 2.05) is 48.5 Å². The van der Waals surface area contributed by atoms with Crippen LogP contribution in [0.25, 0.3) is 11.1 Å². The molecule has 4 aromatic carbocycles. The maximum Gasteiger partial charge on any atom is 0.338 e. The predicted octanol–water partition coefficient (Wildman–Crippen LogP) is 16.8. The summed E-state index contributed by atoms with van der Waals surface area (Å²) in [6.45, 7) is 10.3. The minimum atomic E-state index is -0.368. The van der Waals surface area contributed by atoms with E-state index in [0.717, 1.165) is 110 Å². The Morgan fingerprint density at radius 2 is 0.400 bits per heavy atom. The van der Waals surface area contributed by atoms with Gasteiger partial charge in [0.2, 0.25) is 0 Å². The molecule has 4 rings (SSSR count). The molecule has 0 aliphatic carbocycles. The van der Waals surface area contributed by atoms with E-state index in [4.69, 9.17) is 18.9 Å². The van der Waals surface area contributed by atoms with Crippen LogP contribution in [0.15, 0.2) is 97.1 Å². The first-order valence-electron chi connectivity index (χ1n) is 27.2. The van der Waals surface area contributed by atoms with Crippen LogP contribution < -0.4 is 0 Å². The molecule has 0 heterocycles. The summed E-state index contributed by atoms with van der Waals surface area (Å²) in [5, 5.41) is 0. The average molecular weight is 957 g/mol. The lowest BCUT2D eigenvalue weighted by Crippen LogP contribution is -2.08. The largest absolute Gasteiger partial charge is 0.462 e. The van der Waals surface area contributed by atoms with Crippen molar-refractivity contribution in [2.45, 2.75) is 182 Å². The van der Waals surface area contributed by atoms with Gasteiger partial charge in [-0.1, -0.05) is 205 Å². The van der Waals surface area contributed by atoms with Gasteiger partial charge in [0.1, 0.15) is 0 Å². The van der Waals surface area contributed by atoms with Crippen molar-refractivity contribution in [3.63, 3.8) is 0 Å². The zero-order chi connectivity index (χ0) is 50.0. The summed E-state index contributed by atoms with van der Waals surface area (Å²) in [5.41, 5.74) is 6.68. The molecule has 70 heavy (non-hydrogen) atoms. The van der Waals surface area contributed by atoms with Crippen LogP contribution >= 0.6 is 0 Å². The van der Waals surface area contributed by atoms with Gasteiger partial charge in [0.25, 0.3) is 0 Å². The standard InChI is InChI=1S/C62H84O8/c1-5-9-13-17-21-25-45-67-59(63)53-37-29-49(30-38-53)57(50-31-39-54(40-32-50)60(64)68-46-26-22-18-14-10-6-2)58(51-33-41-55(42-34-51)61(65)69-47-27-23-19-15-11-7-3)52-35-43-56(44-36-52)62(66)70-48-28-24-20-16-12-8-4/h29-44H,5-28,45-48H2,1-4H3. The highest BCUT2D eigenvalue weighted by molar-refractivity contribution is 6.06. The highest BCUT2D eigenvalue weighted by Gasteiger charge is 2.20. The molecule has 0 unspecified atom stereocenters. The minimum Gasteiger partial charge on any atom is -0.462 e. The van der Waals surface area contributed by atoms with Gasteiger partial charge in [0.15, 0.2) is 0 Å². The first kappa shape index (κ1) is 57.1. The Balaban J connectivity index is 1.71. The molecule has 0 aliphatic rings. The smallest absolute Gasteiger partial charge is 0.338 e. The summed E-state index contributed by atoms with van der Waals surface area (Å²) in [6.07, 6.45) is 26.4. The van der Waals surface area contributed by atoms with Gasteiger partial charge in [-0.3, -0.25) is 0 Å². The lowest BCUT2D eigenvalue weighted by Gasteiger charge is -2.19. The van der Waals surface area contributed by atoms with Crippen molar-refractivity contribution in [3.05, 3.63) is 142 Å². The maximum absolute atomic E-state index is 13.3. The summed E-state index contributed by atoms with van der Waals surface area (Å²) < 4.78 is 22.8. The number of hydrogen-bond donors (Lipinski definition) is 0. The van der Waals surface area contributed by atoms with Gasteiger partial charge in [-0.25, -0.2) is 19.2 Å². The van der Waals surface area contributed by atoms with E-state index < -0.39 is 0 Å². The van der Waals surface area contributed by atoms with Crippen molar-refractivity contribution in [2.24, 2.45) is 0 Å². The molecule has 4 aromatic rings. The molecule has 0 aliphatic heterocycles. The van der Waals surface area contributed by atoms with E-state index in [1.165, 1.54) is 77.0 Å². The Labute approximate surface area is 421 Å². The lowest BCUT2D eigenvalue weighted by molar-refractivity contribution is 0.0488. The Morgan fingerprint density at radius 1 is 0.243 bits per heavy atom. The van der Waals surface area contributed by atoms with Crippen molar-refractivity contribution < 1.29 is 38.1 Å². The van der Waals surface area contributed by atoms with Gasteiger partial charge < -0.3 is 18.9 Å². The van der Waals surface area contributed by atoms with Crippen molar-refractivity contribution >= 4 is 35.0 Å². The molecule has 0 spiro atoms. The number of esters is 4. The molecule has 0 saturated carbocycles. The zero-order valence-electron chi connectivity index (χ0n) is 43.3. The van der Waals surface area contributed by atoms with Gasteiger partial charge in [0, 0.05) is 0 Å². The molecule has 0 amide bonds. The average Bonchev–Trinajstić information content (AvgIpc) is 3.39. The van der Waals surface area contributed by atoms with Crippen LogP contribution in [0.3, 0.4) is 0 Å². The number of unbranched alkanes of at least 4 members (excludes halogenated alkanes) is 20. The summed E-state index contributed by atoms with van der Waals surface area (Å²) in [7, 11) is 0. The van der Waals surface area contributed by atoms with E-state index in [9.17, 15) is 19.2 Å². The normalized spacial score (nSPS) is 11.0. The second-order valence-corrected chi connectivity index (χ2v) is 18.7. The molecule has 0 bridgehead atoms. The fourth-order valence-electron chi connectivity index (χ4n) is 8.52. The molecule has 0 fully saturated rings. The Morgan fingerprint density at radius 3 is 0.586 bits per heavy atom. The van der Waals surface area contributed by atoms with Crippen LogP contribution in [0.5, 0.6) is 0 Å². The van der Waals surface area contributed by atoms with E-state index in [1.54, 1.807) is 48.5 Å². The second-order valence-electron chi connectivity index (χ2n) is 18.7. The first-order chi connectivity index (χ1) is 34.3. The van der Waals surface area contributed by atoms with Gasteiger partial charge >= 0.3 is 23.9 Å². The third-order valence-electron chi connectivity index (χ3n) is 12.8. The lowest BCUT2D eigenvalue weighted by atomic mass is 9.85. The summed E-state index contributed by atoms with van der Waals surface area (Å²) >= 11 is 0. The van der Waals surface area contributed by atoms with Gasteiger partial charge in [-0.15, -0.1) is 0 Å². The zero-order valence-corrected chi connectivity index (χ0v) is 43.3. The molecule has 0 aromatic heterocycles. The van der Waals surface area contributed by atoms with Crippen LogP contribution in [0, 0.1) is 0 Å². The van der Waals surface area contributed by atoms with Crippen LogP contribution in [0.2, 0.25) is 0 Å². The van der Waals surface area contributed by atoms with Crippen molar-refractivity contribution in [2.75, 3.05) is 26.4 Å². The second kappa shape index (κ2) is 34.7. The highest BCUT2D eigenvalue weighted by atomic mass is 16.5. The fourth-order valence-corrected chi connectivity index (χ4v) is 8.52. The molecule has 0 saturated heterocycles. The van der Waals surface area contributed by atoms with E-state index in [0.29, 0.717) is 48.7 Å². The third-order valence-corrected chi connectivity index (χ3v) is 12.8. The number of hydrogen-bond acceptors (Lipinski definition) is 8. The SMILES string of the molecule is CCCCCCCCOC(=O)c1ccc(C(=C(c2ccc(C(=O)OCCCCCCCC)cc2)c2ccc(C(=O)OCCCCCCCC)cc2)c2ccc(C(=O)OCCCCCCCC)cc2)cc1. The van der Waals surface area contributed by atoms with E-state index in [-0.39, 0.29) is 23.9 Å². The Bertz CT molecular complexity index is 1810. The van der Waals surface area contributed by atoms with Crippen LogP contribution in [-0.4, -0.2) is 50.3 Å². The fraction of sp³-hybridized carbons (Fsp3) is 0.516. The van der Waals surface area contributed by atoms with Crippen LogP contribution in [-0.2, 0) is 18.9 Å². The number of carbonyl (C=O) groups excluding carboxylic acids is 4. The monoisotopic (exact) mass is 957 g/mol. The number of rotatable bonds is 36. The molecule has 380 valence electrons. The number of benzene rings is 4. The van der Waals surface area contributed by atoms with Crippen LogP contribution in [0.4, 0.5) is 0 Å². The minimum absolute atomic E-state index is 0.368. The molecular weight excluding hydrogens is 873 g/mol. The highest BCUT2D eigenvalue weighted by Crippen LogP contribution is 2.38. The molecular formula is C62H84O8. The van der Waals surface area contributed by atoms with Gasteiger partial charge in [-0.2, -0.15) is 0 Å². The topological polar surface area (TPSA) is 105 Å². The van der Waals surface area contributed by atoms with E-state index >= 15 is 0 Å². The number of carbonyl (C=O) groups is 4. The molecule has 0 atom stereocenters. The van der Waals surface area contributed by atoms with Gasteiger partial charge in [-0.05, 0) is 108 Å². The van der Waals surface area contributed by atoms with Crippen LogP contribution in [0.1, 0.15) is 245 Å². The summed E-state index contributed by atoms with van der Waals surface area (Å²) in [5.74, 6) is -1.47. The third kappa shape index (κ3) is 20.8. The van der Waals surface area contributed by atoms with Crippen molar-refractivity contribution in [3.8, 4) is 0 Å². The van der Waals surface area contributed by atoms with Crippen molar-refractivity contribution in [1.82, 2.24) is 0 Å². The predicted molar refractivity (Wildman–Crippen MR) is 285 cm³/mol. The van der Waals surface area contributed by atoms with E-state index in [2.05, 4.69) is 27.7 Å². The summed E-state index contributed by atoms with van der Waals surface area (Å²) in [6, 6.07) is 29.6. The molecule has 8 nitrogen and oxygen atoms in total. The van der Waals surface area contributed by atoms with Crippen molar-refractivity contribution in [1.29, 1.82) is 0 Å². The number of ether oxygens (including phenoxy) is 4. The Hall–Kier alpha value is -5.50. The van der Waals surface area contributed by atoms with Gasteiger partial charge in [0.05, 0.1) is 48.7 Å². The molecule has 8 heteroatoms. The summed E-state index contributed by atoms with van der Waals surface area (Å²) in [4.78, 5) is 53.0. The first-order valence-corrected chi connectivity index (χ1v) is 27.2. The quantitative estimate of drug-likeness (QED) is 0.0192.